The summed E-state index contributed by atoms with van der Waals surface area (Å²) in [6.07, 6.45) is 0.207. The second-order valence-electron chi connectivity index (χ2n) is 5.69. The molecule has 0 spiro atoms. The fourth-order valence-electron chi connectivity index (χ4n) is 2.58. The molecule has 0 fully saturated rings. The van der Waals surface area contributed by atoms with Crippen LogP contribution in [0.2, 0.25) is 5.02 Å². The summed E-state index contributed by atoms with van der Waals surface area (Å²) in [5, 5.41) is 0.527. The quantitative estimate of drug-likeness (QED) is 0.451. The maximum absolute atomic E-state index is 13.0. The predicted molar refractivity (Wildman–Crippen MR) is 92.6 cm³/mol. The number of halogens is 1. The fourth-order valence-corrected chi connectivity index (χ4v) is 2.71. The lowest BCUT2D eigenvalue weighted by Gasteiger charge is -2.25. The van der Waals surface area contributed by atoms with Crippen LogP contribution in [-0.4, -0.2) is 26.0 Å². The third kappa shape index (κ3) is 3.77. The molecular formula is C19H19ClO4. The summed E-state index contributed by atoms with van der Waals surface area (Å²) in [5.74, 6) is -0.224. The molecule has 0 radical (unpaired) electrons. The molecule has 0 heterocycles. The van der Waals surface area contributed by atoms with Crippen LogP contribution in [0.25, 0.3) is 0 Å². The lowest BCUT2D eigenvalue weighted by molar-refractivity contribution is -0.148. The number of hydrogen-bond acceptors (Lipinski definition) is 4. The van der Waals surface area contributed by atoms with Crippen LogP contribution in [0.5, 0.6) is 5.75 Å². The van der Waals surface area contributed by atoms with Crippen molar-refractivity contribution in [3.8, 4) is 5.75 Å². The number of rotatable bonds is 6. The van der Waals surface area contributed by atoms with Gasteiger partial charge < -0.3 is 9.47 Å². The van der Waals surface area contributed by atoms with E-state index in [1.54, 1.807) is 50.4 Å². The molecule has 0 aliphatic rings. The first-order chi connectivity index (χ1) is 11.4. The zero-order valence-corrected chi connectivity index (χ0v) is 14.6. The van der Waals surface area contributed by atoms with E-state index in [2.05, 4.69) is 0 Å². The van der Waals surface area contributed by atoms with Crippen LogP contribution >= 0.6 is 11.6 Å². The average Bonchev–Trinajstić information content (AvgIpc) is 2.61. The minimum atomic E-state index is -1.34. The second kappa shape index (κ2) is 7.49. The number of ether oxygens (including phenoxy) is 2. The maximum atomic E-state index is 13.0. The molecule has 0 amide bonds. The van der Waals surface area contributed by atoms with Gasteiger partial charge in [0.05, 0.1) is 14.2 Å². The van der Waals surface area contributed by atoms with Crippen molar-refractivity contribution in [3.05, 3.63) is 64.7 Å². The Morgan fingerprint density at radius 2 is 1.75 bits per heavy atom. The molecule has 0 N–H and O–H groups in total. The molecule has 5 heteroatoms. The standard InChI is InChI=1S/C19H19ClO4/c1-19(18(22)24-3,12-13-5-4-6-16(11-13)23-2)17(21)14-7-9-15(20)10-8-14/h4-11H,12H2,1-3H3. The molecule has 0 aromatic heterocycles. The van der Waals surface area contributed by atoms with Crippen molar-refractivity contribution in [2.24, 2.45) is 5.41 Å². The van der Waals surface area contributed by atoms with E-state index in [0.29, 0.717) is 16.3 Å². The van der Waals surface area contributed by atoms with Crippen LogP contribution in [0, 0.1) is 5.41 Å². The van der Waals surface area contributed by atoms with Gasteiger partial charge in [0.2, 0.25) is 0 Å². The Morgan fingerprint density at radius 3 is 2.33 bits per heavy atom. The Morgan fingerprint density at radius 1 is 1.08 bits per heavy atom. The Kier molecular flexibility index (Phi) is 5.62. The number of carbonyl (C=O) groups is 2. The molecule has 1 unspecified atom stereocenters. The van der Waals surface area contributed by atoms with E-state index in [1.807, 2.05) is 12.1 Å². The minimum Gasteiger partial charge on any atom is -0.497 e. The first-order valence-corrected chi connectivity index (χ1v) is 7.80. The van der Waals surface area contributed by atoms with Crippen LogP contribution in [0.1, 0.15) is 22.8 Å². The van der Waals surface area contributed by atoms with Crippen molar-refractivity contribution in [3.63, 3.8) is 0 Å². The van der Waals surface area contributed by atoms with Crippen LogP contribution < -0.4 is 4.74 Å². The molecule has 0 bridgehead atoms. The summed E-state index contributed by atoms with van der Waals surface area (Å²) in [4.78, 5) is 25.3. The van der Waals surface area contributed by atoms with E-state index in [9.17, 15) is 9.59 Å². The molecule has 126 valence electrons. The van der Waals surface area contributed by atoms with Crippen LogP contribution in [-0.2, 0) is 16.0 Å². The third-order valence-electron chi connectivity index (χ3n) is 3.94. The van der Waals surface area contributed by atoms with E-state index in [4.69, 9.17) is 21.1 Å². The summed E-state index contributed by atoms with van der Waals surface area (Å²) in [6, 6.07) is 13.7. The van der Waals surface area contributed by atoms with Crippen molar-refractivity contribution in [2.75, 3.05) is 14.2 Å². The van der Waals surface area contributed by atoms with Crippen molar-refractivity contribution >= 4 is 23.4 Å². The largest absolute Gasteiger partial charge is 0.497 e. The summed E-state index contributed by atoms with van der Waals surface area (Å²) >= 11 is 5.87. The highest BCUT2D eigenvalue weighted by molar-refractivity contribution is 6.30. The molecule has 2 aromatic carbocycles. The van der Waals surface area contributed by atoms with E-state index in [-0.39, 0.29) is 12.2 Å². The smallest absolute Gasteiger partial charge is 0.319 e. The highest BCUT2D eigenvalue weighted by Gasteiger charge is 2.42. The number of methoxy groups -OCH3 is 2. The summed E-state index contributed by atoms with van der Waals surface area (Å²) < 4.78 is 10.1. The summed E-state index contributed by atoms with van der Waals surface area (Å²) in [5.41, 5.74) is -0.116. The Bertz CT molecular complexity index is 739. The van der Waals surface area contributed by atoms with E-state index < -0.39 is 11.4 Å². The van der Waals surface area contributed by atoms with Gasteiger partial charge in [0.15, 0.2) is 5.78 Å². The first-order valence-electron chi connectivity index (χ1n) is 7.42. The number of esters is 1. The Balaban J connectivity index is 2.40. The number of hydrogen-bond donors (Lipinski definition) is 0. The van der Waals surface area contributed by atoms with Crippen molar-refractivity contribution in [1.29, 1.82) is 0 Å². The molecular weight excluding hydrogens is 328 g/mol. The van der Waals surface area contributed by atoms with Crippen LogP contribution in [0.4, 0.5) is 0 Å². The van der Waals surface area contributed by atoms with Crippen molar-refractivity contribution in [1.82, 2.24) is 0 Å². The zero-order chi connectivity index (χ0) is 17.7. The summed E-state index contributed by atoms with van der Waals surface area (Å²) in [6.45, 7) is 1.59. The van der Waals surface area contributed by atoms with Crippen LogP contribution in [0.15, 0.2) is 48.5 Å². The molecule has 0 aliphatic carbocycles. The van der Waals surface area contributed by atoms with Gasteiger partial charge in [-0.25, -0.2) is 0 Å². The Hall–Kier alpha value is -2.33. The van der Waals surface area contributed by atoms with E-state index in [0.717, 1.165) is 5.56 Å². The van der Waals surface area contributed by atoms with Gasteiger partial charge in [0.1, 0.15) is 11.2 Å². The lowest BCUT2D eigenvalue weighted by Crippen LogP contribution is -2.39. The summed E-state index contributed by atoms with van der Waals surface area (Å²) in [7, 11) is 2.85. The molecule has 0 aliphatic heterocycles. The number of benzene rings is 2. The topological polar surface area (TPSA) is 52.6 Å². The maximum Gasteiger partial charge on any atom is 0.319 e. The first kappa shape index (κ1) is 18.0. The van der Waals surface area contributed by atoms with Gasteiger partial charge in [-0.05, 0) is 55.3 Å². The van der Waals surface area contributed by atoms with Gasteiger partial charge in [-0.2, -0.15) is 0 Å². The fraction of sp³-hybridized carbons (Fsp3) is 0.263. The lowest BCUT2D eigenvalue weighted by atomic mass is 9.77. The normalized spacial score (nSPS) is 13.0. The van der Waals surface area contributed by atoms with E-state index in [1.165, 1.54) is 7.11 Å². The Labute approximate surface area is 146 Å². The number of Topliss-reactive ketones (excluding diaryl/α,β-unsaturated/α-hetero) is 1. The predicted octanol–water partition coefficient (Wildman–Crippen LogP) is 3.95. The number of ketones is 1. The van der Waals surface area contributed by atoms with E-state index >= 15 is 0 Å². The molecule has 2 aromatic rings. The van der Waals surface area contributed by atoms with Crippen LogP contribution in [0.3, 0.4) is 0 Å². The average molecular weight is 347 g/mol. The molecule has 1 atom stereocenters. The van der Waals surface area contributed by atoms with Gasteiger partial charge >= 0.3 is 5.97 Å². The van der Waals surface area contributed by atoms with Crippen molar-refractivity contribution < 1.29 is 19.1 Å². The van der Waals surface area contributed by atoms with Gasteiger partial charge in [-0.3, -0.25) is 9.59 Å². The third-order valence-corrected chi connectivity index (χ3v) is 4.19. The molecule has 0 saturated heterocycles. The van der Waals surface area contributed by atoms with Crippen molar-refractivity contribution in [2.45, 2.75) is 13.3 Å². The molecule has 4 nitrogen and oxygen atoms in total. The van der Waals surface area contributed by atoms with Gasteiger partial charge in [-0.1, -0.05) is 23.7 Å². The van der Waals surface area contributed by atoms with Gasteiger partial charge in [0, 0.05) is 10.6 Å². The highest BCUT2D eigenvalue weighted by Crippen LogP contribution is 2.30. The number of carbonyl (C=O) groups excluding carboxylic acids is 2. The molecule has 24 heavy (non-hydrogen) atoms. The monoisotopic (exact) mass is 346 g/mol. The molecule has 0 saturated carbocycles. The van der Waals surface area contributed by atoms with Gasteiger partial charge in [-0.15, -0.1) is 0 Å². The van der Waals surface area contributed by atoms with Gasteiger partial charge in [0.25, 0.3) is 0 Å². The molecule has 2 rings (SSSR count). The SMILES string of the molecule is COC(=O)C(C)(Cc1cccc(OC)c1)C(=O)c1ccc(Cl)cc1. The zero-order valence-electron chi connectivity index (χ0n) is 13.8. The second-order valence-corrected chi connectivity index (χ2v) is 6.12. The highest BCUT2D eigenvalue weighted by atomic mass is 35.5. The minimum absolute atomic E-state index is 0.207.